The Morgan fingerprint density at radius 2 is 1.79 bits per heavy atom. The van der Waals surface area contributed by atoms with Gasteiger partial charge < -0.3 is 15.8 Å². The van der Waals surface area contributed by atoms with Gasteiger partial charge in [-0.25, -0.2) is 4.39 Å². The molecule has 3 N–H and O–H groups in total. The number of hydrogen-bond donors (Lipinski definition) is 2. The fourth-order valence-corrected chi connectivity index (χ4v) is 2.10. The molecule has 24 heavy (non-hydrogen) atoms. The third kappa shape index (κ3) is 6.98. The smallest absolute Gasteiger partial charge is 0.237 e. The number of carbonyl (C=O) groups excluding carboxylic acids is 1. The lowest BCUT2D eigenvalue weighted by Gasteiger charge is -2.12. The highest BCUT2D eigenvalue weighted by Gasteiger charge is 2.13. The molecule has 0 spiro atoms. The van der Waals surface area contributed by atoms with Crippen LogP contribution in [0.1, 0.15) is 12.0 Å². The first kappa shape index (κ1) is 19.9. The standard InChI is InChI=1S/C18H21FN2O2.ClH/c19-15-7-9-16(10-8-15)23-12-4-11-21-18(22)17(20)13-14-5-2-1-3-6-14;/h1-3,5-10,17H,4,11-13,20H2,(H,21,22);1H/t17-;/m0./s1. The van der Waals surface area contributed by atoms with Gasteiger partial charge in [-0.05, 0) is 42.7 Å². The minimum Gasteiger partial charge on any atom is -0.494 e. The zero-order chi connectivity index (χ0) is 16.5. The normalized spacial score (nSPS) is 11.2. The van der Waals surface area contributed by atoms with Gasteiger partial charge in [-0.15, -0.1) is 12.4 Å². The highest BCUT2D eigenvalue weighted by atomic mass is 35.5. The number of nitrogens with one attached hydrogen (secondary N) is 1. The van der Waals surface area contributed by atoms with Gasteiger partial charge in [-0.1, -0.05) is 30.3 Å². The molecule has 0 fully saturated rings. The summed E-state index contributed by atoms with van der Waals surface area (Å²) in [5, 5.41) is 2.79. The molecule has 0 aliphatic carbocycles. The highest BCUT2D eigenvalue weighted by Crippen LogP contribution is 2.10. The topological polar surface area (TPSA) is 64.4 Å². The van der Waals surface area contributed by atoms with Crippen LogP contribution in [0.15, 0.2) is 54.6 Å². The lowest BCUT2D eigenvalue weighted by molar-refractivity contribution is -0.122. The van der Waals surface area contributed by atoms with Crippen molar-refractivity contribution in [2.45, 2.75) is 18.9 Å². The molecule has 0 bridgehead atoms. The van der Waals surface area contributed by atoms with Gasteiger partial charge in [-0.3, -0.25) is 4.79 Å². The maximum Gasteiger partial charge on any atom is 0.237 e. The van der Waals surface area contributed by atoms with Crippen molar-refractivity contribution < 1.29 is 13.9 Å². The fraction of sp³-hybridized carbons (Fsp3) is 0.278. The second kappa shape index (κ2) is 10.6. The van der Waals surface area contributed by atoms with E-state index in [1.54, 1.807) is 12.1 Å². The second-order valence-corrected chi connectivity index (χ2v) is 5.24. The number of nitrogens with two attached hydrogens (primary N) is 1. The summed E-state index contributed by atoms with van der Waals surface area (Å²) in [6.07, 6.45) is 1.17. The van der Waals surface area contributed by atoms with Crippen molar-refractivity contribution >= 4 is 18.3 Å². The molecular weight excluding hydrogens is 331 g/mol. The van der Waals surface area contributed by atoms with Gasteiger partial charge in [0.1, 0.15) is 11.6 Å². The van der Waals surface area contributed by atoms with Crippen LogP contribution < -0.4 is 15.8 Å². The largest absolute Gasteiger partial charge is 0.494 e. The summed E-state index contributed by atoms with van der Waals surface area (Å²) in [6.45, 7) is 0.933. The molecule has 0 saturated heterocycles. The van der Waals surface area contributed by atoms with E-state index in [9.17, 15) is 9.18 Å². The van der Waals surface area contributed by atoms with Crippen LogP contribution in [0.2, 0.25) is 0 Å². The summed E-state index contributed by atoms with van der Waals surface area (Å²) in [7, 11) is 0. The molecule has 2 aromatic carbocycles. The SMILES string of the molecule is Cl.N[C@@H](Cc1ccccc1)C(=O)NCCCOc1ccc(F)cc1. The average Bonchev–Trinajstić information content (AvgIpc) is 2.57. The summed E-state index contributed by atoms with van der Waals surface area (Å²) in [6, 6.07) is 14.9. The number of amides is 1. The molecule has 0 unspecified atom stereocenters. The Morgan fingerprint density at radius 1 is 1.12 bits per heavy atom. The maximum absolute atomic E-state index is 12.7. The first-order valence-corrected chi connectivity index (χ1v) is 7.61. The molecule has 0 radical (unpaired) electrons. The van der Waals surface area contributed by atoms with Crippen LogP contribution in [-0.2, 0) is 11.2 Å². The molecule has 0 aromatic heterocycles. The number of halogens is 2. The Labute approximate surface area is 147 Å². The Hall–Kier alpha value is -2.11. The third-order valence-corrected chi connectivity index (χ3v) is 3.34. The molecule has 2 rings (SSSR count). The van der Waals surface area contributed by atoms with E-state index < -0.39 is 6.04 Å². The minimum absolute atomic E-state index is 0. The Balaban J connectivity index is 0.00000288. The van der Waals surface area contributed by atoms with Gasteiger partial charge in [0.15, 0.2) is 0 Å². The van der Waals surface area contributed by atoms with Crippen LogP contribution in [0.5, 0.6) is 5.75 Å². The average molecular weight is 353 g/mol. The number of benzene rings is 2. The van der Waals surface area contributed by atoms with E-state index in [2.05, 4.69) is 5.32 Å². The molecule has 130 valence electrons. The molecule has 0 aliphatic heterocycles. The highest BCUT2D eigenvalue weighted by molar-refractivity contribution is 5.85. The van der Waals surface area contributed by atoms with Gasteiger partial charge >= 0.3 is 0 Å². The molecule has 1 amide bonds. The molecule has 0 aliphatic rings. The lowest BCUT2D eigenvalue weighted by atomic mass is 10.1. The van der Waals surface area contributed by atoms with E-state index in [-0.39, 0.29) is 24.1 Å². The third-order valence-electron chi connectivity index (χ3n) is 3.34. The Bertz CT molecular complexity index is 608. The van der Waals surface area contributed by atoms with Gasteiger partial charge in [0.2, 0.25) is 5.91 Å². The summed E-state index contributed by atoms with van der Waals surface area (Å²) < 4.78 is 18.2. The van der Waals surface area contributed by atoms with Gasteiger partial charge in [-0.2, -0.15) is 0 Å². The van der Waals surface area contributed by atoms with Gasteiger partial charge in [0, 0.05) is 6.54 Å². The molecule has 0 heterocycles. The molecule has 4 nitrogen and oxygen atoms in total. The second-order valence-electron chi connectivity index (χ2n) is 5.24. The van der Waals surface area contributed by atoms with Crippen molar-refractivity contribution in [3.8, 4) is 5.75 Å². The van der Waals surface area contributed by atoms with Crippen molar-refractivity contribution in [3.05, 3.63) is 66.0 Å². The molecule has 1 atom stereocenters. The Morgan fingerprint density at radius 3 is 2.46 bits per heavy atom. The zero-order valence-corrected chi connectivity index (χ0v) is 14.1. The van der Waals surface area contributed by atoms with E-state index in [0.29, 0.717) is 31.7 Å². The van der Waals surface area contributed by atoms with Crippen molar-refractivity contribution in [2.24, 2.45) is 5.73 Å². The first-order valence-electron chi connectivity index (χ1n) is 7.61. The van der Waals surface area contributed by atoms with Crippen LogP contribution in [0.4, 0.5) is 4.39 Å². The quantitative estimate of drug-likeness (QED) is 0.718. The number of rotatable bonds is 8. The van der Waals surface area contributed by atoms with Crippen LogP contribution in [0.3, 0.4) is 0 Å². The summed E-state index contributed by atoms with van der Waals surface area (Å²) in [5.41, 5.74) is 6.93. The van der Waals surface area contributed by atoms with Crippen LogP contribution in [0, 0.1) is 5.82 Å². The summed E-state index contributed by atoms with van der Waals surface area (Å²) >= 11 is 0. The fourth-order valence-electron chi connectivity index (χ4n) is 2.10. The molecular formula is C18H22ClFN2O2. The summed E-state index contributed by atoms with van der Waals surface area (Å²) in [4.78, 5) is 11.9. The van der Waals surface area contributed by atoms with Crippen molar-refractivity contribution in [3.63, 3.8) is 0 Å². The van der Waals surface area contributed by atoms with E-state index in [1.807, 2.05) is 30.3 Å². The van der Waals surface area contributed by atoms with Crippen molar-refractivity contribution in [1.82, 2.24) is 5.32 Å². The van der Waals surface area contributed by atoms with E-state index in [0.717, 1.165) is 5.56 Å². The predicted octanol–water partition coefficient (Wildman–Crippen LogP) is 2.70. The molecule has 6 heteroatoms. The lowest BCUT2D eigenvalue weighted by Crippen LogP contribution is -2.42. The van der Waals surface area contributed by atoms with E-state index in [4.69, 9.17) is 10.5 Å². The van der Waals surface area contributed by atoms with Crippen LogP contribution in [0.25, 0.3) is 0 Å². The molecule has 0 saturated carbocycles. The number of ether oxygens (including phenoxy) is 1. The van der Waals surface area contributed by atoms with E-state index in [1.165, 1.54) is 12.1 Å². The minimum atomic E-state index is -0.560. The zero-order valence-electron chi connectivity index (χ0n) is 13.3. The first-order chi connectivity index (χ1) is 11.1. The Kier molecular flexibility index (Phi) is 8.83. The number of carbonyl (C=O) groups is 1. The van der Waals surface area contributed by atoms with E-state index >= 15 is 0 Å². The predicted molar refractivity (Wildman–Crippen MR) is 94.9 cm³/mol. The van der Waals surface area contributed by atoms with Gasteiger partial charge in [0.25, 0.3) is 0 Å². The van der Waals surface area contributed by atoms with Gasteiger partial charge in [0.05, 0.1) is 12.6 Å². The summed E-state index contributed by atoms with van der Waals surface area (Å²) in [5.74, 6) is 0.145. The molecule has 2 aromatic rings. The van der Waals surface area contributed by atoms with Crippen molar-refractivity contribution in [1.29, 1.82) is 0 Å². The maximum atomic E-state index is 12.7. The monoisotopic (exact) mass is 352 g/mol. The van der Waals surface area contributed by atoms with Crippen molar-refractivity contribution in [2.75, 3.05) is 13.2 Å². The van der Waals surface area contributed by atoms with Crippen LogP contribution >= 0.6 is 12.4 Å². The number of hydrogen-bond acceptors (Lipinski definition) is 3. The van der Waals surface area contributed by atoms with Crippen LogP contribution in [-0.4, -0.2) is 25.1 Å².